The Morgan fingerprint density at radius 1 is 1.18 bits per heavy atom. The van der Waals surface area contributed by atoms with E-state index < -0.39 is 22.8 Å². The monoisotopic (exact) mass is 465 g/mol. The Morgan fingerprint density at radius 2 is 1.88 bits per heavy atom. The number of aromatic carboxylic acids is 1. The lowest BCUT2D eigenvalue weighted by Gasteiger charge is -2.37. The number of rotatable bonds is 6. The van der Waals surface area contributed by atoms with Gasteiger partial charge in [-0.05, 0) is 37.0 Å². The van der Waals surface area contributed by atoms with E-state index in [4.69, 9.17) is 0 Å². The third-order valence-electron chi connectivity index (χ3n) is 6.38. The van der Waals surface area contributed by atoms with Gasteiger partial charge in [0.05, 0.1) is 17.7 Å². The van der Waals surface area contributed by atoms with E-state index in [0.717, 1.165) is 24.5 Å². The number of hydrogen-bond acceptors (Lipinski definition) is 6. The van der Waals surface area contributed by atoms with Crippen molar-refractivity contribution >= 4 is 34.2 Å². The van der Waals surface area contributed by atoms with Gasteiger partial charge in [0.15, 0.2) is 0 Å². The first kappa shape index (κ1) is 22.0. The van der Waals surface area contributed by atoms with Crippen LogP contribution < -0.4 is 15.6 Å². The molecule has 0 unspecified atom stereocenters. The highest BCUT2D eigenvalue weighted by molar-refractivity contribution is 5.95. The highest BCUT2D eigenvalue weighted by Crippen LogP contribution is 2.48. The fourth-order valence-electron chi connectivity index (χ4n) is 4.57. The molecule has 3 N–H and O–H groups in total. The molecule has 0 atom stereocenters. The molecule has 1 saturated heterocycles. The minimum absolute atomic E-state index is 0.0643. The molecule has 3 aromatic rings. The largest absolute Gasteiger partial charge is 0.477 e. The summed E-state index contributed by atoms with van der Waals surface area (Å²) < 4.78 is 15.4. The van der Waals surface area contributed by atoms with Crippen LogP contribution in [0.4, 0.5) is 15.8 Å². The Hall–Kier alpha value is -3.79. The molecule has 0 spiro atoms. The van der Waals surface area contributed by atoms with E-state index in [1.807, 2.05) is 9.80 Å². The van der Waals surface area contributed by atoms with Gasteiger partial charge in [-0.25, -0.2) is 9.18 Å². The molecule has 10 heteroatoms. The SMILES string of the molecule is O=C(CN1CCN(c2c(F)cc3c(=O)c(C(=O)O)c[nH]c3c2C2CC2)CC1)Nc1ccncc1. The lowest BCUT2D eigenvalue weighted by molar-refractivity contribution is -0.117. The predicted molar refractivity (Wildman–Crippen MR) is 125 cm³/mol. The first-order chi connectivity index (χ1) is 16.4. The number of carbonyl (C=O) groups is 2. The molecule has 0 radical (unpaired) electrons. The van der Waals surface area contributed by atoms with Crippen LogP contribution in [-0.4, -0.2) is 64.6 Å². The maximum Gasteiger partial charge on any atom is 0.341 e. The van der Waals surface area contributed by atoms with E-state index in [0.29, 0.717) is 43.1 Å². The second-order valence-corrected chi connectivity index (χ2v) is 8.70. The number of aromatic nitrogens is 2. The molecular weight excluding hydrogens is 441 g/mol. The van der Waals surface area contributed by atoms with Crippen LogP contribution in [0.15, 0.2) is 41.6 Å². The average Bonchev–Trinajstić information content (AvgIpc) is 3.65. The van der Waals surface area contributed by atoms with Gasteiger partial charge in [-0.15, -0.1) is 0 Å². The molecule has 0 bridgehead atoms. The normalized spacial score (nSPS) is 16.6. The second-order valence-electron chi connectivity index (χ2n) is 8.70. The van der Waals surface area contributed by atoms with Crippen molar-refractivity contribution in [2.75, 3.05) is 42.9 Å². The summed E-state index contributed by atoms with van der Waals surface area (Å²) in [5.74, 6) is -1.86. The van der Waals surface area contributed by atoms with Crippen LogP contribution in [0, 0.1) is 5.82 Å². The van der Waals surface area contributed by atoms with E-state index in [1.165, 1.54) is 6.20 Å². The lowest BCUT2D eigenvalue weighted by atomic mass is 9.99. The molecule has 2 aliphatic rings. The summed E-state index contributed by atoms with van der Waals surface area (Å²) in [5.41, 5.74) is 1.32. The number of hydrogen-bond donors (Lipinski definition) is 3. The first-order valence-corrected chi connectivity index (χ1v) is 11.2. The molecule has 34 heavy (non-hydrogen) atoms. The van der Waals surface area contributed by atoms with Crippen molar-refractivity contribution in [3.8, 4) is 0 Å². The number of aromatic amines is 1. The molecule has 9 nitrogen and oxygen atoms in total. The standard InChI is InChI=1S/C24H24FN5O4/c25-18-11-16-21(27-12-17(23(16)32)24(33)34)20(14-1-2-14)22(18)30-9-7-29(8-10-30)13-19(31)28-15-3-5-26-6-4-15/h3-6,11-12,14H,1-2,7-10,13H2,(H,27,32)(H,33,34)(H,26,28,31). The Balaban J connectivity index is 1.36. The smallest absolute Gasteiger partial charge is 0.341 e. The minimum atomic E-state index is -1.34. The number of nitrogens with one attached hydrogen (secondary N) is 2. The van der Waals surface area contributed by atoms with Gasteiger partial charge in [0, 0.05) is 61.4 Å². The number of pyridine rings is 2. The fourth-order valence-corrected chi connectivity index (χ4v) is 4.57. The Morgan fingerprint density at radius 3 is 2.53 bits per heavy atom. The summed E-state index contributed by atoms with van der Waals surface area (Å²) in [4.78, 5) is 47.2. The van der Waals surface area contributed by atoms with E-state index in [2.05, 4.69) is 15.3 Å². The van der Waals surface area contributed by atoms with Gasteiger partial charge in [-0.3, -0.25) is 19.5 Å². The summed E-state index contributed by atoms with van der Waals surface area (Å²) >= 11 is 0. The Labute approximate surface area is 194 Å². The number of carbonyl (C=O) groups excluding carboxylic acids is 1. The molecule has 1 aromatic carbocycles. The fraction of sp³-hybridized carbons (Fsp3) is 0.333. The molecule has 1 aliphatic heterocycles. The summed E-state index contributed by atoms with van der Waals surface area (Å²) in [7, 11) is 0. The lowest BCUT2D eigenvalue weighted by Crippen LogP contribution is -2.49. The predicted octanol–water partition coefficient (Wildman–Crippen LogP) is 2.40. The topological polar surface area (TPSA) is 119 Å². The number of fused-ring (bicyclic) bond motifs is 1. The molecule has 1 amide bonds. The van der Waals surface area contributed by atoms with E-state index in [1.54, 1.807) is 24.5 Å². The molecule has 3 heterocycles. The maximum atomic E-state index is 15.4. The van der Waals surface area contributed by atoms with Crippen LogP contribution in [0.1, 0.15) is 34.7 Å². The highest BCUT2D eigenvalue weighted by Gasteiger charge is 2.34. The third kappa shape index (κ3) is 4.24. The van der Waals surface area contributed by atoms with Crippen molar-refractivity contribution < 1.29 is 19.1 Å². The number of carboxylic acids is 1. The van der Waals surface area contributed by atoms with E-state index in [9.17, 15) is 19.5 Å². The van der Waals surface area contributed by atoms with Gasteiger partial charge in [0.25, 0.3) is 0 Å². The van der Waals surface area contributed by atoms with Crippen LogP contribution in [0.5, 0.6) is 0 Å². The van der Waals surface area contributed by atoms with Gasteiger partial charge in [-0.1, -0.05) is 0 Å². The zero-order chi connectivity index (χ0) is 23.8. The molecule has 1 aliphatic carbocycles. The van der Waals surface area contributed by atoms with Crippen LogP contribution >= 0.6 is 0 Å². The molecule has 5 rings (SSSR count). The minimum Gasteiger partial charge on any atom is -0.477 e. The maximum absolute atomic E-state index is 15.4. The van der Waals surface area contributed by atoms with Gasteiger partial charge in [0.1, 0.15) is 11.4 Å². The summed E-state index contributed by atoms with van der Waals surface area (Å²) in [5, 5.41) is 12.2. The number of carboxylic acid groups (broad SMARTS) is 1. The van der Waals surface area contributed by atoms with Crippen molar-refractivity contribution in [3.05, 3.63) is 64.0 Å². The number of benzene rings is 1. The number of amides is 1. The molecule has 1 saturated carbocycles. The summed E-state index contributed by atoms with van der Waals surface area (Å²) in [6.07, 6.45) is 6.20. The zero-order valence-corrected chi connectivity index (χ0v) is 18.4. The summed E-state index contributed by atoms with van der Waals surface area (Å²) in [6.45, 7) is 2.46. The van der Waals surface area contributed by atoms with Crippen molar-refractivity contribution in [2.24, 2.45) is 0 Å². The van der Waals surface area contributed by atoms with Crippen LogP contribution in [0.2, 0.25) is 0 Å². The number of piperazine rings is 1. The van der Waals surface area contributed by atoms with E-state index >= 15 is 4.39 Å². The van der Waals surface area contributed by atoms with Crippen LogP contribution in [-0.2, 0) is 4.79 Å². The van der Waals surface area contributed by atoms with Gasteiger partial charge in [-0.2, -0.15) is 0 Å². The number of nitrogens with zero attached hydrogens (tertiary/aromatic N) is 3. The quantitative estimate of drug-likeness (QED) is 0.512. The third-order valence-corrected chi connectivity index (χ3v) is 6.38. The molecular formula is C24H24FN5O4. The zero-order valence-electron chi connectivity index (χ0n) is 18.4. The van der Waals surface area contributed by atoms with Crippen molar-refractivity contribution in [3.63, 3.8) is 0 Å². The summed E-state index contributed by atoms with van der Waals surface area (Å²) in [6, 6.07) is 4.60. The van der Waals surface area contributed by atoms with Crippen molar-refractivity contribution in [1.82, 2.24) is 14.9 Å². The van der Waals surface area contributed by atoms with Crippen LogP contribution in [0.3, 0.4) is 0 Å². The molecule has 2 aromatic heterocycles. The van der Waals surface area contributed by atoms with Gasteiger partial charge < -0.3 is 20.3 Å². The first-order valence-electron chi connectivity index (χ1n) is 11.2. The Bertz CT molecular complexity index is 1310. The Kier molecular flexibility index (Phi) is 5.74. The van der Waals surface area contributed by atoms with Crippen molar-refractivity contribution in [1.29, 1.82) is 0 Å². The van der Waals surface area contributed by atoms with Crippen molar-refractivity contribution in [2.45, 2.75) is 18.8 Å². The average molecular weight is 465 g/mol. The van der Waals surface area contributed by atoms with Crippen LogP contribution in [0.25, 0.3) is 10.9 Å². The van der Waals surface area contributed by atoms with E-state index in [-0.39, 0.29) is 23.8 Å². The van der Waals surface area contributed by atoms with Gasteiger partial charge >= 0.3 is 5.97 Å². The van der Waals surface area contributed by atoms with Gasteiger partial charge in [0.2, 0.25) is 11.3 Å². The second kappa shape index (κ2) is 8.86. The number of H-pyrrole nitrogens is 1. The molecule has 176 valence electrons. The highest BCUT2D eigenvalue weighted by atomic mass is 19.1. The number of anilines is 2. The molecule has 2 fully saturated rings. The number of halogens is 1.